The minimum absolute atomic E-state index is 0.752. The van der Waals surface area contributed by atoms with Crippen LogP contribution in [0.25, 0.3) is 0 Å². The summed E-state index contributed by atoms with van der Waals surface area (Å²) in [5.41, 5.74) is 2.08. The summed E-state index contributed by atoms with van der Waals surface area (Å²) < 4.78 is 0. The van der Waals surface area contributed by atoms with Crippen LogP contribution in [-0.2, 0) is 6.54 Å². The molecular weight excluding hydrogens is 258 g/mol. The van der Waals surface area contributed by atoms with Crippen molar-refractivity contribution in [2.24, 2.45) is 0 Å². The third-order valence-electron chi connectivity index (χ3n) is 4.95. The predicted molar refractivity (Wildman–Crippen MR) is 84.9 cm³/mol. The SMILES string of the molecule is N#Cc1ccc(CN2CCC(N3CCCCC3)CC2)cc1. The maximum atomic E-state index is 8.84. The molecule has 0 amide bonds. The molecule has 0 saturated carbocycles. The van der Waals surface area contributed by atoms with Crippen molar-refractivity contribution in [1.29, 1.82) is 5.26 Å². The highest BCUT2D eigenvalue weighted by molar-refractivity contribution is 5.31. The molecule has 1 aromatic rings. The van der Waals surface area contributed by atoms with Crippen molar-refractivity contribution >= 4 is 0 Å². The van der Waals surface area contributed by atoms with Crippen LogP contribution >= 0.6 is 0 Å². The molecule has 0 unspecified atom stereocenters. The lowest BCUT2D eigenvalue weighted by Gasteiger charge is -2.40. The third-order valence-corrected chi connectivity index (χ3v) is 4.95. The van der Waals surface area contributed by atoms with Gasteiger partial charge >= 0.3 is 0 Å². The van der Waals surface area contributed by atoms with Crippen LogP contribution in [0.15, 0.2) is 24.3 Å². The fourth-order valence-corrected chi connectivity index (χ4v) is 3.67. The van der Waals surface area contributed by atoms with Crippen molar-refractivity contribution in [3.63, 3.8) is 0 Å². The lowest BCUT2D eigenvalue weighted by molar-refractivity contribution is 0.0896. The Bertz CT molecular complexity index is 474. The second kappa shape index (κ2) is 7.06. The van der Waals surface area contributed by atoms with E-state index >= 15 is 0 Å². The van der Waals surface area contributed by atoms with Gasteiger partial charge < -0.3 is 4.90 Å². The van der Waals surface area contributed by atoms with E-state index < -0.39 is 0 Å². The molecule has 0 radical (unpaired) electrons. The molecule has 21 heavy (non-hydrogen) atoms. The molecule has 2 heterocycles. The molecule has 0 N–H and O–H groups in total. The standard InChI is InChI=1S/C18H25N3/c19-14-16-4-6-17(7-5-16)15-20-12-8-18(9-13-20)21-10-2-1-3-11-21/h4-7,18H,1-3,8-13,15H2. The Morgan fingerprint density at radius 3 is 2.24 bits per heavy atom. The molecular formula is C18H25N3. The van der Waals surface area contributed by atoms with Gasteiger partial charge in [0.15, 0.2) is 0 Å². The molecule has 0 aliphatic carbocycles. The summed E-state index contributed by atoms with van der Waals surface area (Å²) in [7, 11) is 0. The quantitative estimate of drug-likeness (QED) is 0.854. The van der Waals surface area contributed by atoms with Crippen molar-refractivity contribution in [3.05, 3.63) is 35.4 Å². The van der Waals surface area contributed by atoms with Crippen LogP contribution in [-0.4, -0.2) is 42.0 Å². The average molecular weight is 283 g/mol. The van der Waals surface area contributed by atoms with Gasteiger partial charge in [-0.3, -0.25) is 4.90 Å². The minimum Gasteiger partial charge on any atom is -0.300 e. The molecule has 3 heteroatoms. The number of piperidine rings is 2. The van der Waals surface area contributed by atoms with E-state index in [0.29, 0.717) is 0 Å². The summed E-state index contributed by atoms with van der Waals surface area (Å²) in [5.74, 6) is 0. The van der Waals surface area contributed by atoms with E-state index in [0.717, 1.165) is 18.2 Å². The number of hydrogen-bond acceptors (Lipinski definition) is 3. The van der Waals surface area contributed by atoms with Crippen LogP contribution in [0.1, 0.15) is 43.2 Å². The van der Waals surface area contributed by atoms with Gasteiger partial charge in [0.25, 0.3) is 0 Å². The molecule has 0 spiro atoms. The van der Waals surface area contributed by atoms with Crippen molar-refractivity contribution in [1.82, 2.24) is 9.80 Å². The summed E-state index contributed by atoms with van der Waals surface area (Å²) >= 11 is 0. The zero-order valence-corrected chi connectivity index (χ0v) is 12.8. The zero-order valence-electron chi connectivity index (χ0n) is 12.8. The largest absolute Gasteiger partial charge is 0.300 e. The topological polar surface area (TPSA) is 30.3 Å². The molecule has 2 aliphatic heterocycles. The van der Waals surface area contributed by atoms with Gasteiger partial charge in [-0.1, -0.05) is 18.6 Å². The van der Waals surface area contributed by atoms with Crippen LogP contribution < -0.4 is 0 Å². The van der Waals surface area contributed by atoms with Gasteiger partial charge in [0.05, 0.1) is 11.6 Å². The molecule has 3 nitrogen and oxygen atoms in total. The van der Waals surface area contributed by atoms with Crippen LogP contribution in [0.2, 0.25) is 0 Å². The van der Waals surface area contributed by atoms with Crippen LogP contribution in [0.4, 0.5) is 0 Å². The van der Waals surface area contributed by atoms with Gasteiger partial charge in [-0.15, -0.1) is 0 Å². The Labute approximate surface area is 128 Å². The molecule has 1 aromatic carbocycles. The number of hydrogen-bond donors (Lipinski definition) is 0. The van der Waals surface area contributed by atoms with Crippen LogP contribution in [0, 0.1) is 11.3 Å². The van der Waals surface area contributed by atoms with E-state index in [1.807, 2.05) is 12.1 Å². The smallest absolute Gasteiger partial charge is 0.0991 e. The van der Waals surface area contributed by atoms with Gasteiger partial charge in [-0.05, 0) is 69.6 Å². The fourth-order valence-electron chi connectivity index (χ4n) is 3.67. The molecule has 112 valence electrons. The summed E-state index contributed by atoms with van der Waals surface area (Å²) in [6.45, 7) is 6.08. The normalized spacial score (nSPS) is 22.0. The Hall–Kier alpha value is -1.37. The highest BCUT2D eigenvalue weighted by Gasteiger charge is 2.25. The molecule has 0 aromatic heterocycles. The lowest BCUT2D eigenvalue weighted by Crippen LogP contribution is -2.46. The Kier molecular flexibility index (Phi) is 4.90. The van der Waals surface area contributed by atoms with E-state index in [-0.39, 0.29) is 0 Å². The van der Waals surface area contributed by atoms with Crippen molar-refractivity contribution in [3.8, 4) is 6.07 Å². The maximum absolute atomic E-state index is 8.84. The second-order valence-corrected chi connectivity index (χ2v) is 6.41. The van der Waals surface area contributed by atoms with Gasteiger partial charge in [0.1, 0.15) is 0 Å². The number of nitrogens with zero attached hydrogens (tertiary/aromatic N) is 3. The minimum atomic E-state index is 0.752. The van der Waals surface area contributed by atoms with Crippen molar-refractivity contribution in [2.75, 3.05) is 26.2 Å². The highest BCUT2D eigenvalue weighted by Crippen LogP contribution is 2.21. The maximum Gasteiger partial charge on any atom is 0.0991 e. The first-order valence-electron chi connectivity index (χ1n) is 8.30. The summed E-state index contributed by atoms with van der Waals surface area (Å²) in [6, 6.07) is 11.0. The van der Waals surface area contributed by atoms with E-state index in [9.17, 15) is 0 Å². The monoisotopic (exact) mass is 283 g/mol. The Morgan fingerprint density at radius 2 is 1.62 bits per heavy atom. The number of benzene rings is 1. The first-order chi connectivity index (χ1) is 10.3. The zero-order chi connectivity index (χ0) is 14.5. The van der Waals surface area contributed by atoms with Crippen molar-refractivity contribution in [2.45, 2.75) is 44.7 Å². The highest BCUT2D eigenvalue weighted by atomic mass is 15.2. The molecule has 3 rings (SSSR count). The first kappa shape index (κ1) is 14.6. The summed E-state index contributed by atoms with van der Waals surface area (Å²) in [4.78, 5) is 5.28. The molecule has 2 aliphatic rings. The number of nitriles is 1. The van der Waals surface area contributed by atoms with Gasteiger partial charge in [0, 0.05) is 12.6 Å². The van der Waals surface area contributed by atoms with E-state index in [1.54, 1.807) is 0 Å². The third kappa shape index (κ3) is 3.84. The van der Waals surface area contributed by atoms with Crippen LogP contribution in [0.3, 0.4) is 0 Å². The lowest BCUT2D eigenvalue weighted by atomic mass is 9.99. The summed E-state index contributed by atoms with van der Waals surface area (Å²) in [6.07, 6.45) is 6.84. The number of rotatable bonds is 3. The van der Waals surface area contributed by atoms with Gasteiger partial charge in [-0.2, -0.15) is 5.26 Å². The molecule has 0 bridgehead atoms. The van der Waals surface area contributed by atoms with E-state index in [2.05, 4.69) is 28.0 Å². The van der Waals surface area contributed by atoms with E-state index in [4.69, 9.17) is 5.26 Å². The van der Waals surface area contributed by atoms with Gasteiger partial charge in [-0.25, -0.2) is 0 Å². The van der Waals surface area contributed by atoms with Crippen LogP contribution in [0.5, 0.6) is 0 Å². The summed E-state index contributed by atoms with van der Waals surface area (Å²) in [5, 5.41) is 8.84. The van der Waals surface area contributed by atoms with Crippen molar-refractivity contribution < 1.29 is 0 Å². The Morgan fingerprint density at radius 1 is 0.952 bits per heavy atom. The molecule has 2 fully saturated rings. The average Bonchev–Trinajstić information content (AvgIpc) is 2.57. The van der Waals surface area contributed by atoms with Gasteiger partial charge in [0.2, 0.25) is 0 Å². The first-order valence-corrected chi connectivity index (χ1v) is 8.30. The Balaban J connectivity index is 1.47. The fraction of sp³-hybridized carbons (Fsp3) is 0.611. The second-order valence-electron chi connectivity index (χ2n) is 6.41. The molecule has 2 saturated heterocycles. The van der Waals surface area contributed by atoms with E-state index in [1.165, 1.54) is 63.8 Å². The molecule has 0 atom stereocenters. The predicted octanol–water partition coefficient (Wildman–Crippen LogP) is 3.01. The number of likely N-dealkylation sites (tertiary alicyclic amines) is 2.